The van der Waals surface area contributed by atoms with E-state index in [2.05, 4.69) is 0 Å². The summed E-state index contributed by atoms with van der Waals surface area (Å²) in [6.45, 7) is 0. The van der Waals surface area contributed by atoms with Gasteiger partial charge >= 0.3 is 0 Å². The van der Waals surface area contributed by atoms with E-state index < -0.39 is 0 Å². The zero-order valence-electron chi connectivity index (χ0n) is 5.47. The second kappa shape index (κ2) is 1.94. The molecule has 0 atom stereocenters. The smallest absolute Gasteiger partial charge is 0.131 e. The van der Waals surface area contributed by atoms with Crippen molar-refractivity contribution in [1.29, 1.82) is 0 Å². The first-order chi connectivity index (χ1) is 4.88. The van der Waals surface area contributed by atoms with Gasteiger partial charge < -0.3 is 0 Å². The van der Waals surface area contributed by atoms with Crippen molar-refractivity contribution in [2.45, 2.75) is 6.42 Å². The maximum Gasteiger partial charge on any atom is 0.131 e. The van der Waals surface area contributed by atoms with Gasteiger partial charge in [0.05, 0.1) is 0 Å². The summed E-state index contributed by atoms with van der Waals surface area (Å²) < 4.78 is 12.8. The number of hydrogen-bond acceptors (Lipinski definition) is 0. The molecule has 1 heteroatoms. The molecule has 2 aliphatic rings. The molecule has 0 fully saturated rings. The highest BCUT2D eigenvalue weighted by molar-refractivity contribution is 5.57. The Hall–Kier alpha value is -1.11. The van der Waals surface area contributed by atoms with E-state index in [9.17, 15) is 4.39 Å². The largest absolute Gasteiger partial charge is 0.206 e. The zero-order valence-corrected chi connectivity index (χ0v) is 5.47. The van der Waals surface area contributed by atoms with Gasteiger partial charge in [0.2, 0.25) is 0 Å². The molecule has 0 heterocycles. The summed E-state index contributed by atoms with van der Waals surface area (Å²) in [6, 6.07) is 0. The highest BCUT2D eigenvalue weighted by Gasteiger charge is 2.12. The lowest BCUT2D eigenvalue weighted by Crippen LogP contribution is -1.84. The third kappa shape index (κ3) is 0.670. The lowest BCUT2D eigenvalue weighted by atomic mass is 10.0. The Morgan fingerprint density at radius 2 is 2.10 bits per heavy atom. The molecule has 0 nitrogen and oxygen atoms in total. The van der Waals surface area contributed by atoms with Gasteiger partial charge in [-0.2, -0.15) is 0 Å². The lowest BCUT2D eigenvalue weighted by molar-refractivity contribution is 0.664. The Bertz CT molecular complexity index is 277. The summed E-state index contributed by atoms with van der Waals surface area (Å²) >= 11 is 0. The second-order valence-electron chi connectivity index (χ2n) is 2.39. The minimum absolute atomic E-state index is 0.109. The average molecular weight is 134 g/mol. The van der Waals surface area contributed by atoms with Gasteiger partial charge in [-0.15, -0.1) is 0 Å². The van der Waals surface area contributed by atoms with Gasteiger partial charge in [0.15, 0.2) is 0 Å². The van der Waals surface area contributed by atoms with Crippen LogP contribution in [0.3, 0.4) is 0 Å². The monoisotopic (exact) mass is 134 g/mol. The number of hydrogen-bond donors (Lipinski definition) is 0. The Morgan fingerprint density at radius 3 is 2.90 bits per heavy atom. The fraction of sp³-hybridized carbons (Fsp3) is 0.111. The van der Waals surface area contributed by atoms with Crippen LogP contribution in [0.25, 0.3) is 0 Å². The van der Waals surface area contributed by atoms with E-state index in [-0.39, 0.29) is 5.83 Å². The Balaban J connectivity index is 2.52. The van der Waals surface area contributed by atoms with Gasteiger partial charge in [-0.1, -0.05) is 24.3 Å². The third-order valence-corrected chi connectivity index (χ3v) is 1.74. The first-order valence-electron chi connectivity index (χ1n) is 3.33. The van der Waals surface area contributed by atoms with Crippen LogP contribution in [0.2, 0.25) is 0 Å². The zero-order chi connectivity index (χ0) is 6.97. The van der Waals surface area contributed by atoms with Crippen molar-refractivity contribution in [3.8, 4) is 0 Å². The van der Waals surface area contributed by atoms with Crippen LogP contribution < -0.4 is 0 Å². The summed E-state index contributed by atoms with van der Waals surface area (Å²) in [5, 5.41) is 0. The van der Waals surface area contributed by atoms with Gasteiger partial charge in [-0.3, -0.25) is 0 Å². The van der Waals surface area contributed by atoms with Crippen molar-refractivity contribution in [1.82, 2.24) is 0 Å². The highest BCUT2D eigenvalue weighted by Crippen LogP contribution is 2.29. The van der Waals surface area contributed by atoms with Crippen LogP contribution in [-0.2, 0) is 0 Å². The number of halogens is 1. The topological polar surface area (TPSA) is 0 Å². The number of fused-ring (bicyclic) bond motifs is 1. The molecular weight excluding hydrogens is 127 g/mol. The van der Waals surface area contributed by atoms with Gasteiger partial charge in [-0.25, -0.2) is 4.39 Å². The molecule has 50 valence electrons. The van der Waals surface area contributed by atoms with Gasteiger partial charge in [0.1, 0.15) is 5.83 Å². The third-order valence-electron chi connectivity index (χ3n) is 1.74. The fourth-order valence-corrected chi connectivity index (χ4v) is 1.22. The molecule has 2 rings (SSSR count). The molecule has 2 aliphatic carbocycles. The van der Waals surface area contributed by atoms with Gasteiger partial charge in [0, 0.05) is 5.57 Å². The van der Waals surface area contributed by atoms with Gasteiger partial charge in [0.25, 0.3) is 0 Å². The van der Waals surface area contributed by atoms with Crippen molar-refractivity contribution >= 4 is 0 Å². The van der Waals surface area contributed by atoms with Crippen LogP contribution in [0.1, 0.15) is 6.42 Å². The summed E-state index contributed by atoms with van der Waals surface area (Å²) in [7, 11) is 0. The van der Waals surface area contributed by atoms with Crippen LogP contribution in [-0.4, -0.2) is 0 Å². The molecule has 0 spiro atoms. The second-order valence-corrected chi connectivity index (χ2v) is 2.39. The molecule has 0 bridgehead atoms. The van der Waals surface area contributed by atoms with Crippen LogP contribution >= 0.6 is 0 Å². The quantitative estimate of drug-likeness (QED) is 0.477. The minimum Gasteiger partial charge on any atom is -0.206 e. The first kappa shape index (κ1) is 5.66. The Labute approximate surface area is 59.1 Å². The van der Waals surface area contributed by atoms with E-state index in [1.54, 1.807) is 0 Å². The van der Waals surface area contributed by atoms with Crippen molar-refractivity contribution in [3.05, 3.63) is 47.4 Å². The van der Waals surface area contributed by atoms with Crippen LogP contribution in [0.5, 0.6) is 0 Å². The van der Waals surface area contributed by atoms with Gasteiger partial charge in [-0.05, 0) is 18.1 Å². The molecule has 0 aromatic carbocycles. The molecule has 0 N–H and O–H groups in total. The molecule has 0 saturated heterocycles. The van der Waals surface area contributed by atoms with Crippen LogP contribution in [0.15, 0.2) is 47.4 Å². The van der Waals surface area contributed by atoms with Crippen LogP contribution in [0, 0.1) is 0 Å². The van der Waals surface area contributed by atoms with Crippen molar-refractivity contribution < 1.29 is 4.39 Å². The van der Waals surface area contributed by atoms with E-state index >= 15 is 0 Å². The average Bonchev–Trinajstić information content (AvgIpc) is 2.34. The molecule has 0 unspecified atom stereocenters. The lowest BCUT2D eigenvalue weighted by Gasteiger charge is -2.02. The van der Waals surface area contributed by atoms with E-state index in [1.807, 2.05) is 24.3 Å². The summed E-state index contributed by atoms with van der Waals surface area (Å²) in [5.41, 5.74) is 1.77. The highest BCUT2D eigenvalue weighted by atomic mass is 19.1. The summed E-state index contributed by atoms with van der Waals surface area (Å²) in [4.78, 5) is 0. The number of rotatable bonds is 0. The molecular formula is C9H7F. The van der Waals surface area contributed by atoms with E-state index in [4.69, 9.17) is 0 Å². The maximum absolute atomic E-state index is 12.8. The summed E-state index contributed by atoms with van der Waals surface area (Å²) in [6.07, 6.45) is 10.1. The van der Waals surface area contributed by atoms with E-state index in [0.29, 0.717) is 0 Å². The summed E-state index contributed by atoms with van der Waals surface area (Å²) in [5.74, 6) is -0.109. The SMILES string of the molecule is FC1=C2C=CCC=C2C=C1. The number of allylic oxidation sites excluding steroid dienone is 8. The van der Waals surface area contributed by atoms with Crippen molar-refractivity contribution in [2.75, 3.05) is 0 Å². The normalized spacial score (nSPS) is 21.5. The first-order valence-corrected chi connectivity index (χ1v) is 3.33. The standard InChI is InChI=1S/C9H7F/c10-9-6-5-7-3-1-2-4-8(7)9/h2-6H,1H2. The van der Waals surface area contributed by atoms with E-state index in [0.717, 1.165) is 17.6 Å². The molecule has 0 amide bonds. The maximum atomic E-state index is 12.8. The molecule has 0 aromatic rings. The molecule has 0 aliphatic heterocycles. The van der Waals surface area contributed by atoms with E-state index in [1.165, 1.54) is 6.08 Å². The molecule has 0 aromatic heterocycles. The minimum atomic E-state index is -0.109. The van der Waals surface area contributed by atoms with Crippen molar-refractivity contribution in [2.24, 2.45) is 0 Å². The van der Waals surface area contributed by atoms with Crippen molar-refractivity contribution in [3.63, 3.8) is 0 Å². The van der Waals surface area contributed by atoms with Crippen LogP contribution in [0.4, 0.5) is 4.39 Å². The Morgan fingerprint density at radius 1 is 1.20 bits per heavy atom. The predicted octanol–water partition coefficient (Wildman–Crippen LogP) is 2.67. The molecule has 10 heavy (non-hydrogen) atoms. The predicted molar refractivity (Wildman–Crippen MR) is 39.1 cm³/mol. The Kier molecular flexibility index (Phi) is 1.10. The molecule has 0 radical (unpaired) electrons. The molecule has 0 saturated carbocycles. The fourth-order valence-electron chi connectivity index (χ4n) is 1.22.